The number of benzene rings is 1. The standard InChI is InChI=1S/C13H13NO2/c1-14-8-7-11-9-10(5-6-12(11)14)3-2-4-13(15)16/h2-3,5-9H,4H2,1H3,(H,15,16)/b3-2+. The number of carbonyl (C=O) groups is 1. The maximum atomic E-state index is 10.4. The summed E-state index contributed by atoms with van der Waals surface area (Å²) in [6.07, 6.45) is 5.56. The van der Waals surface area contributed by atoms with Crippen LogP contribution in [0.15, 0.2) is 36.5 Å². The number of aliphatic carboxylic acids is 1. The van der Waals surface area contributed by atoms with Crippen molar-refractivity contribution in [2.75, 3.05) is 0 Å². The Labute approximate surface area is 93.6 Å². The van der Waals surface area contributed by atoms with Crippen molar-refractivity contribution in [3.05, 3.63) is 42.1 Å². The summed E-state index contributed by atoms with van der Waals surface area (Å²) in [5, 5.41) is 9.68. The zero-order chi connectivity index (χ0) is 11.5. The number of carboxylic acid groups (broad SMARTS) is 1. The highest BCUT2D eigenvalue weighted by Gasteiger charge is 1.97. The van der Waals surface area contributed by atoms with E-state index in [4.69, 9.17) is 5.11 Å². The van der Waals surface area contributed by atoms with Gasteiger partial charge in [0.05, 0.1) is 6.42 Å². The van der Waals surface area contributed by atoms with Gasteiger partial charge in [-0.15, -0.1) is 0 Å². The quantitative estimate of drug-likeness (QED) is 0.855. The molecule has 0 bridgehead atoms. The first-order valence-corrected chi connectivity index (χ1v) is 5.10. The van der Waals surface area contributed by atoms with Crippen molar-refractivity contribution < 1.29 is 9.90 Å². The fraction of sp³-hybridized carbons (Fsp3) is 0.154. The summed E-state index contributed by atoms with van der Waals surface area (Å²) in [7, 11) is 2.00. The first-order chi connectivity index (χ1) is 7.66. The van der Waals surface area contributed by atoms with Crippen LogP contribution in [0, 0.1) is 0 Å². The van der Waals surface area contributed by atoms with E-state index in [1.165, 1.54) is 10.9 Å². The lowest BCUT2D eigenvalue weighted by molar-refractivity contribution is -0.135. The molecule has 1 N–H and O–H groups in total. The van der Waals surface area contributed by atoms with Crippen molar-refractivity contribution >= 4 is 22.9 Å². The molecule has 3 heteroatoms. The number of fused-ring (bicyclic) bond motifs is 1. The van der Waals surface area contributed by atoms with E-state index >= 15 is 0 Å². The number of aryl methyl sites for hydroxylation is 1. The lowest BCUT2D eigenvalue weighted by atomic mass is 10.1. The normalized spacial score (nSPS) is 11.3. The van der Waals surface area contributed by atoms with Crippen LogP contribution in [0.2, 0.25) is 0 Å². The van der Waals surface area contributed by atoms with Crippen molar-refractivity contribution in [3.8, 4) is 0 Å². The molecule has 0 aliphatic heterocycles. The summed E-state index contributed by atoms with van der Waals surface area (Å²) in [6.45, 7) is 0. The molecular formula is C13H13NO2. The summed E-state index contributed by atoms with van der Waals surface area (Å²) in [4.78, 5) is 10.4. The molecule has 0 saturated carbocycles. The third-order valence-electron chi connectivity index (χ3n) is 2.51. The molecule has 0 spiro atoms. The molecular weight excluding hydrogens is 202 g/mol. The van der Waals surface area contributed by atoms with Gasteiger partial charge < -0.3 is 9.67 Å². The molecule has 16 heavy (non-hydrogen) atoms. The summed E-state index contributed by atoms with van der Waals surface area (Å²) in [5.74, 6) is -0.808. The van der Waals surface area contributed by atoms with Gasteiger partial charge in [-0.05, 0) is 23.8 Å². The van der Waals surface area contributed by atoms with Gasteiger partial charge in [0, 0.05) is 24.1 Å². The fourth-order valence-corrected chi connectivity index (χ4v) is 1.70. The van der Waals surface area contributed by atoms with Crippen LogP contribution < -0.4 is 0 Å². The van der Waals surface area contributed by atoms with Gasteiger partial charge in [0.1, 0.15) is 0 Å². The van der Waals surface area contributed by atoms with Crippen LogP contribution in [0.25, 0.3) is 17.0 Å². The van der Waals surface area contributed by atoms with E-state index in [9.17, 15) is 4.79 Å². The Morgan fingerprint density at radius 1 is 1.44 bits per heavy atom. The molecule has 3 nitrogen and oxygen atoms in total. The Bertz CT molecular complexity index is 552. The van der Waals surface area contributed by atoms with Gasteiger partial charge in [-0.25, -0.2) is 0 Å². The van der Waals surface area contributed by atoms with Crippen molar-refractivity contribution in [1.29, 1.82) is 0 Å². The Hall–Kier alpha value is -2.03. The molecule has 0 amide bonds. The van der Waals surface area contributed by atoms with E-state index in [0.717, 1.165) is 5.56 Å². The molecule has 82 valence electrons. The van der Waals surface area contributed by atoms with E-state index < -0.39 is 5.97 Å². The van der Waals surface area contributed by atoms with E-state index in [1.54, 1.807) is 6.08 Å². The number of carboxylic acids is 1. The molecule has 1 aromatic heterocycles. The second-order valence-corrected chi connectivity index (χ2v) is 3.75. The molecule has 0 fully saturated rings. The maximum Gasteiger partial charge on any atom is 0.307 e. The number of nitrogens with zero attached hydrogens (tertiary/aromatic N) is 1. The van der Waals surface area contributed by atoms with Crippen molar-refractivity contribution in [2.45, 2.75) is 6.42 Å². The van der Waals surface area contributed by atoms with Gasteiger partial charge in [-0.1, -0.05) is 18.2 Å². The third-order valence-corrected chi connectivity index (χ3v) is 2.51. The topological polar surface area (TPSA) is 42.2 Å². The van der Waals surface area contributed by atoms with Crippen LogP contribution in [0.4, 0.5) is 0 Å². The van der Waals surface area contributed by atoms with Gasteiger partial charge in [-0.2, -0.15) is 0 Å². The summed E-state index contributed by atoms with van der Waals surface area (Å²) in [6, 6.07) is 8.12. The predicted octanol–water partition coefficient (Wildman–Crippen LogP) is 2.67. The van der Waals surface area contributed by atoms with Crippen molar-refractivity contribution in [1.82, 2.24) is 4.57 Å². The van der Waals surface area contributed by atoms with Gasteiger partial charge >= 0.3 is 5.97 Å². The second-order valence-electron chi connectivity index (χ2n) is 3.75. The van der Waals surface area contributed by atoms with Crippen molar-refractivity contribution in [3.63, 3.8) is 0 Å². The first kappa shape index (κ1) is 10.5. The molecule has 0 aliphatic rings. The first-order valence-electron chi connectivity index (χ1n) is 5.10. The Morgan fingerprint density at radius 3 is 3.00 bits per heavy atom. The number of aromatic nitrogens is 1. The van der Waals surface area contributed by atoms with E-state index in [-0.39, 0.29) is 6.42 Å². The molecule has 0 saturated heterocycles. The van der Waals surface area contributed by atoms with Gasteiger partial charge in [-0.3, -0.25) is 4.79 Å². The average Bonchev–Trinajstić information content (AvgIpc) is 2.60. The molecule has 0 aliphatic carbocycles. The fourth-order valence-electron chi connectivity index (χ4n) is 1.70. The van der Waals surface area contributed by atoms with Crippen LogP contribution in [0.3, 0.4) is 0 Å². The summed E-state index contributed by atoms with van der Waals surface area (Å²) in [5.41, 5.74) is 2.20. The highest BCUT2D eigenvalue weighted by molar-refractivity contribution is 5.82. The van der Waals surface area contributed by atoms with E-state index in [2.05, 4.69) is 4.57 Å². The maximum absolute atomic E-state index is 10.4. The molecule has 0 atom stereocenters. The smallest absolute Gasteiger partial charge is 0.307 e. The molecule has 1 heterocycles. The second kappa shape index (κ2) is 4.23. The molecule has 2 rings (SSSR count). The Kier molecular flexibility index (Phi) is 2.77. The van der Waals surface area contributed by atoms with Crippen molar-refractivity contribution in [2.24, 2.45) is 7.05 Å². The van der Waals surface area contributed by atoms with E-state index in [0.29, 0.717) is 0 Å². The van der Waals surface area contributed by atoms with Crippen LogP contribution >= 0.6 is 0 Å². The lowest BCUT2D eigenvalue weighted by Crippen LogP contribution is -1.89. The van der Waals surface area contributed by atoms with Crippen LogP contribution in [0.1, 0.15) is 12.0 Å². The number of rotatable bonds is 3. The zero-order valence-electron chi connectivity index (χ0n) is 9.05. The minimum atomic E-state index is -0.808. The Balaban J connectivity index is 2.26. The Morgan fingerprint density at radius 2 is 2.25 bits per heavy atom. The zero-order valence-corrected chi connectivity index (χ0v) is 9.05. The largest absolute Gasteiger partial charge is 0.481 e. The SMILES string of the molecule is Cn1ccc2cc(/C=C/CC(=O)O)ccc21. The van der Waals surface area contributed by atoms with Crippen LogP contribution in [-0.2, 0) is 11.8 Å². The van der Waals surface area contributed by atoms with Gasteiger partial charge in [0.2, 0.25) is 0 Å². The summed E-state index contributed by atoms with van der Waals surface area (Å²) < 4.78 is 2.06. The lowest BCUT2D eigenvalue weighted by Gasteiger charge is -1.97. The molecule has 2 aromatic rings. The molecule has 0 unspecified atom stereocenters. The summed E-state index contributed by atoms with van der Waals surface area (Å²) >= 11 is 0. The molecule has 1 aromatic carbocycles. The highest BCUT2D eigenvalue weighted by Crippen LogP contribution is 2.17. The minimum absolute atomic E-state index is 0.0623. The van der Waals surface area contributed by atoms with Crippen LogP contribution in [-0.4, -0.2) is 15.6 Å². The monoisotopic (exact) mass is 215 g/mol. The van der Waals surface area contributed by atoms with Crippen LogP contribution in [0.5, 0.6) is 0 Å². The minimum Gasteiger partial charge on any atom is -0.481 e. The average molecular weight is 215 g/mol. The number of hydrogen-bond donors (Lipinski definition) is 1. The predicted molar refractivity (Wildman–Crippen MR) is 64.2 cm³/mol. The van der Waals surface area contributed by atoms with Gasteiger partial charge in [0.15, 0.2) is 0 Å². The van der Waals surface area contributed by atoms with Gasteiger partial charge in [0.25, 0.3) is 0 Å². The van der Waals surface area contributed by atoms with E-state index in [1.807, 2.05) is 43.6 Å². The number of hydrogen-bond acceptors (Lipinski definition) is 1. The third kappa shape index (κ3) is 2.14. The molecule has 0 radical (unpaired) electrons. The highest BCUT2D eigenvalue weighted by atomic mass is 16.4.